The number of rotatable bonds is 6. The highest BCUT2D eigenvalue weighted by atomic mass is 16.5. The summed E-state index contributed by atoms with van der Waals surface area (Å²) in [6.07, 6.45) is 0.714. The molecule has 1 aliphatic heterocycles. The molecular weight excluding hydrogens is 272 g/mol. The van der Waals surface area contributed by atoms with Gasteiger partial charge in [-0.3, -0.25) is 9.59 Å². The Morgan fingerprint density at radius 3 is 2.95 bits per heavy atom. The summed E-state index contributed by atoms with van der Waals surface area (Å²) < 4.78 is 5.26. The fraction of sp³-hybridized carbons (Fsp3) is 0.467. The fourth-order valence-electron chi connectivity index (χ4n) is 2.40. The van der Waals surface area contributed by atoms with Crippen molar-refractivity contribution >= 4 is 17.5 Å². The number of amides is 2. The number of nitrogens with one attached hydrogen (secondary N) is 1. The lowest BCUT2D eigenvalue weighted by Gasteiger charge is -2.19. The first-order valence-corrected chi connectivity index (χ1v) is 6.99. The van der Waals surface area contributed by atoms with Crippen molar-refractivity contribution in [3.05, 3.63) is 24.3 Å². The number of aliphatic hydroxyl groups is 1. The second-order valence-corrected chi connectivity index (χ2v) is 4.95. The minimum atomic E-state index is -0.360. The van der Waals surface area contributed by atoms with E-state index in [9.17, 15) is 9.59 Å². The van der Waals surface area contributed by atoms with Crippen molar-refractivity contribution < 1.29 is 19.4 Å². The first kappa shape index (κ1) is 15.3. The van der Waals surface area contributed by atoms with Crippen LogP contribution in [0.3, 0.4) is 0 Å². The molecule has 1 aromatic rings. The fourth-order valence-corrected chi connectivity index (χ4v) is 2.40. The van der Waals surface area contributed by atoms with Crippen LogP contribution in [0.5, 0.6) is 5.75 Å². The van der Waals surface area contributed by atoms with Gasteiger partial charge in [-0.2, -0.15) is 0 Å². The molecule has 0 radical (unpaired) electrons. The molecule has 0 aromatic heterocycles. The Bertz CT molecular complexity index is 518. The van der Waals surface area contributed by atoms with Gasteiger partial charge in [0.1, 0.15) is 5.75 Å². The highest BCUT2D eigenvalue weighted by molar-refractivity contribution is 6.01. The van der Waals surface area contributed by atoms with E-state index in [0.717, 1.165) is 0 Å². The predicted molar refractivity (Wildman–Crippen MR) is 78.2 cm³/mol. The van der Waals surface area contributed by atoms with E-state index in [1.165, 1.54) is 0 Å². The molecule has 1 atom stereocenters. The molecule has 0 spiro atoms. The number of para-hydroxylation sites is 2. The van der Waals surface area contributed by atoms with Gasteiger partial charge in [-0.1, -0.05) is 12.1 Å². The lowest BCUT2D eigenvalue weighted by Crippen LogP contribution is -2.33. The third kappa shape index (κ3) is 3.52. The zero-order chi connectivity index (χ0) is 15.2. The van der Waals surface area contributed by atoms with Gasteiger partial charge in [0, 0.05) is 26.1 Å². The molecule has 0 bridgehead atoms. The molecule has 1 fully saturated rings. The van der Waals surface area contributed by atoms with Crippen LogP contribution < -0.4 is 15.0 Å². The minimum Gasteiger partial charge on any atom is -0.495 e. The Balaban J connectivity index is 2.04. The van der Waals surface area contributed by atoms with E-state index >= 15 is 0 Å². The molecule has 2 rings (SSSR count). The Morgan fingerprint density at radius 2 is 2.24 bits per heavy atom. The number of aliphatic hydroxyl groups excluding tert-OH is 1. The summed E-state index contributed by atoms with van der Waals surface area (Å²) in [5.74, 6) is 0.0318. The van der Waals surface area contributed by atoms with Gasteiger partial charge in [-0.05, 0) is 18.6 Å². The minimum absolute atomic E-state index is 0.0389. The number of carbonyl (C=O) groups is 2. The van der Waals surface area contributed by atoms with Crippen molar-refractivity contribution in [2.24, 2.45) is 5.92 Å². The molecule has 1 saturated heterocycles. The average Bonchev–Trinajstić information content (AvgIpc) is 2.89. The van der Waals surface area contributed by atoms with Crippen LogP contribution in [0, 0.1) is 5.92 Å². The van der Waals surface area contributed by atoms with E-state index in [1.54, 1.807) is 18.1 Å². The number of nitrogens with zero attached hydrogens (tertiary/aromatic N) is 1. The molecule has 0 aliphatic carbocycles. The summed E-state index contributed by atoms with van der Waals surface area (Å²) in [5.41, 5.74) is 0.690. The van der Waals surface area contributed by atoms with E-state index in [0.29, 0.717) is 30.9 Å². The van der Waals surface area contributed by atoms with Gasteiger partial charge >= 0.3 is 0 Å². The first-order chi connectivity index (χ1) is 10.2. The molecule has 0 saturated carbocycles. The predicted octanol–water partition coefficient (Wildman–Crippen LogP) is 0.547. The molecule has 114 valence electrons. The zero-order valence-corrected chi connectivity index (χ0v) is 12.0. The van der Waals surface area contributed by atoms with Crippen molar-refractivity contribution in [2.75, 3.05) is 31.7 Å². The maximum Gasteiger partial charge on any atom is 0.227 e. The Kier molecular flexibility index (Phi) is 5.16. The Morgan fingerprint density at radius 1 is 1.48 bits per heavy atom. The van der Waals surface area contributed by atoms with Crippen LogP contribution in [0.4, 0.5) is 5.69 Å². The topological polar surface area (TPSA) is 78.9 Å². The normalized spacial score (nSPS) is 17.9. The van der Waals surface area contributed by atoms with E-state index < -0.39 is 0 Å². The van der Waals surface area contributed by atoms with Gasteiger partial charge in [-0.25, -0.2) is 0 Å². The molecule has 6 heteroatoms. The maximum absolute atomic E-state index is 12.1. The van der Waals surface area contributed by atoms with Crippen LogP contribution in [0.15, 0.2) is 24.3 Å². The smallest absolute Gasteiger partial charge is 0.227 e. The molecule has 6 nitrogen and oxygen atoms in total. The molecule has 1 aromatic carbocycles. The van der Waals surface area contributed by atoms with Crippen molar-refractivity contribution in [3.8, 4) is 5.75 Å². The van der Waals surface area contributed by atoms with Crippen LogP contribution in [0.25, 0.3) is 0 Å². The van der Waals surface area contributed by atoms with E-state index in [4.69, 9.17) is 9.84 Å². The van der Waals surface area contributed by atoms with Crippen molar-refractivity contribution in [1.82, 2.24) is 5.32 Å². The Labute approximate surface area is 123 Å². The summed E-state index contributed by atoms with van der Waals surface area (Å²) in [6, 6.07) is 7.27. The lowest BCUT2D eigenvalue weighted by molar-refractivity contribution is -0.126. The SMILES string of the molecule is COc1ccccc1N1CC(C(=O)NCCCO)CC1=O. The van der Waals surface area contributed by atoms with E-state index in [1.807, 2.05) is 18.2 Å². The highest BCUT2D eigenvalue weighted by Gasteiger charge is 2.35. The van der Waals surface area contributed by atoms with E-state index in [2.05, 4.69) is 5.32 Å². The summed E-state index contributed by atoms with van der Waals surface area (Å²) >= 11 is 0. The molecule has 1 unspecified atom stereocenters. The first-order valence-electron chi connectivity index (χ1n) is 6.99. The van der Waals surface area contributed by atoms with Crippen LogP contribution >= 0.6 is 0 Å². The van der Waals surface area contributed by atoms with Crippen LogP contribution in [-0.4, -0.2) is 43.7 Å². The van der Waals surface area contributed by atoms with Gasteiger partial charge in [0.2, 0.25) is 11.8 Å². The number of carbonyl (C=O) groups excluding carboxylic acids is 2. The van der Waals surface area contributed by atoms with Crippen molar-refractivity contribution in [3.63, 3.8) is 0 Å². The second-order valence-electron chi connectivity index (χ2n) is 4.95. The summed E-state index contributed by atoms with van der Waals surface area (Å²) in [6.45, 7) is 0.816. The van der Waals surface area contributed by atoms with Gasteiger partial charge in [-0.15, -0.1) is 0 Å². The van der Waals surface area contributed by atoms with Crippen LogP contribution in [0.2, 0.25) is 0 Å². The number of ether oxygens (including phenoxy) is 1. The lowest BCUT2D eigenvalue weighted by atomic mass is 10.1. The Hall–Kier alpha value is -2.08. The standard InChI is InChI=1S/C15H20N2O4/c1-21-13-6-3-2-5-12(13)17-10-11(9-14(17)19)15(20)16-7-4-8-18/h2-3,5-6,11,18H,4,7-10H2,1H3,(H,16,20). The molecule has 1 heterocycles. The van der Waals surface area contributed by atoms with Crippen LogP contribution in [0.1, 0.15) is 12.8 Å². The number of anilines is 1. The second kappa shape index (κ2) is 7.08. The summed E-state index contributed by atoms with van der Waals surface area (Å²) in [4.78, 5) is 25.7. The molecule has 2 N–H and O–H groups in total. The van der Waals surface area contributed by atoms with Gasteiger partial charge in [0.15, 0.2) is 0 Å². The monoisotopic (exact) mass is 292 g/mol. The molecule has 21 heavy (non-hydrogen) atoms. The number of hydrogen-bond donors (Lipinski definition) is 2. The summed E-state index contributed by atoms with van der Waals surface area (Å²) in [7, 11) is 1.55. The van der Waals surface area contributed by atoms with Gasteiger partial charge in [0.05, 0.1) is 18.7 Å². The average molecular weight is 292 g/mol. The van der Waals surface area contributed by atoms with E-state index in [-0.39, 0.29) is 30.8 Å². The zero-order valence-electron chi connectivity index (χ0n) is 12.0. The molecule has 1 aliphatic rings. The maximum atomic E-state index is 12.1. The van der Waals surface area contributed by atoms with Crippen molar-refractivity contribution in [2.45, 2.75) is 12.8 Å². The molecule has 2 amide bonds. The largest absolute Gasteiger partial charge is 0.495 e. The van der Waals surface area contributed by atoms with Crippen molar-refractivity contribution in [1.29, 1.82) is 0 Å². The van der Waals surface area contributed by atoms with Crippen LogP contribution in [-0.2, 0) is 9.59 Å². The number of benzene rings is 1. The van der Waals surface area contributed by atoms with Gasteiger partial charge < -0.3 is 20.1 Å². The third-order valence-corrected chi connectivity index (χ3v) is 3.51. The summed E-state index contributed by atoms with van der Waals surface area (Å²) in [5, 5.41) is 11.4. The number of methoxy groups -OCH3 is 1. The van der Waals surface area contributed by atoms with Gasteiger partial charge in [0.25, 0.3) is 0 Å². The highest BCUT2D eigenvalue weighted by Crippen LogP contribution is 2.32. The molecular formula is C15H20N2O4. The third-order valence-electron chi connectivity index (χ3n) is 3.51. The quantitative estimate of drug-likeness (QED) is 0.750. The number of hydrogen-bond acceptors (Lipinski definition) is 4.